The van der Waals surface area contributed by atoms with Crippen molar-refractivity contribution in [2.75, 3.05) is 5.32 Å². The summed E-state index contributed by atoms with van der Waals surface area (Å²) in [7, 11) is 0. The van der Waals surface area contributed by atoms with E-state index in [-0.39, 0.29) is 5.56 Å². The summed E-state index contributed by atoms with van der Waals surface area (Å²) in [4.78, 5) is 16.5. The van der Waals surface area contributed by atoms with Crippen LogP contribution in [0.1, 0.15) is 51.5 Å². The molecule has 18 heavy (non-hydrogen) atoms. The summed E-state index contributed by atoms with van der Waals surface area (Å²) in [6.45, 7) is 2.26. The van der Waals surface area contributed by atoms with Crippen LogP contribution in [0.4, 0.5) is 5.82 Å². The van der Waals surface area contributed by atoms with Gasteiger partial charge >= 0.3 is 0 Å². The molecule has 2 atom stereocenters. The molecule has 1 N–H and O–H groups in total. The first-order valence-corrected chi connectivity index (χ1v) is 7.09. The molecular weight excluding hydrogens is 226 g/mol. The Morgan fingerprint density at radius 3 is 2.78 bits per heavy atom. The normalized spacial score (nSPS) is 28.1. The van der Waals surface area contributed by atoms with Crippen LogP contribution in [0.15, 0.2) is 17.2 Å². The van der Waals surface area contributed by atoms with Crippen LogP contribution in [0.3, 0.4) is 0 Å². The SMILES string of the molecule is CC1CCCCC1Nc1nccn(C2CC2)c1=O. The first-order valence-electron chi connectivity index (χ1n) is 7.09. The summed E-state index contributed by atoms with van der Waals surface area (Å²) in [5, 5.41) is 3.38. The van der Waals surface area contributed by atoms with Crippen molar-refractivity contribution in [1.29, 1.82) is 0 Å². The fourth-order valence-corrected chi connectivity index (χ4v) is 2.87. The molecule has 3 rings (SSSR count). The van der Waals surface area contributed by atoms with E-state index >= 15 is 0 Å². The predicted octanol–water partition coefficient (Wildman–Crippen LogP) is 2.57. The summed E-state index contributed by atoms with van der Waals surface area (Å²) < 4.78 is 1.84. The molecule has 0 spiro atoms. The lowest BCUT2D eigenvalue weighted by Gasteiger charge is -2.29. The Morgan fingerprint density at radius 1 is 1.28 bits per heavy atom. The highest BCUT2D eigenvalue weighted by Crippen LogP contribution is 2.33. The lowest BCUT2D eigenvalue weighted by atomic mass is 9.86. The van der Waals surface area contributed by atoms with Crippen molar-refractivity contribution >= 4 is 5.82 Å². The van der Waals surface area contributed by atoms with E-state index in [1.165, 1.54) is 19.3 Å². The average molecular weight is 247 g/mol. The van der Waals surface area contributed by atoms with Gasteiger partial charge in [0.1, 0.15) is 0 Å². The number of nitrogens with zero attached hydrogens (tertiary/aromatic N) is 2. The van der Waals surface area contributed by atoms with Crippen LogP contribution in [0, 0.1) is 5.92 Å². The molecule has 0 bridgehead atoms. The minimum absolute atomic E-state index is 0.0535. The fourth-order valence-electron chi connectivity index (χ4n) is 2.87. The number of anilines is 1. The van der Waals surface area contributed by atoms with Crippen molar-refractivity contribution in [3.63, 3.8) is 0 Å². The van der Waals surface area contributed by atoms with E-state index in [0.717, 1.165) is 19.3 Å². The Balaban J connectivity index is 1.79. The third-order valence-corrected chi connectivity index (χ3v) is 4.24. The number of aromatic nitrogens is 2. The molecule has 2 aliphatic rings. The highest BCUT2D eigenvalue weighted by molar-refractivity contribution is 5.33. The van der Waals surface area contributed by atoms with Gasteiger partial charge in [0.05, 0.1) is 0 Å². The van der Waals surface area contributed by atoms with Crippen LogP contribution in [-0.2, 0) is 0 Å². The Morgan fingerprint density at radius 2 is 2.06 bits per heavy atom. The number of nitrogens with one attached hydrogen (secondary N) is 1. The molecule has 0 saturated heterocycles. The number of hydrogen-bond donors (Lipinski definition) is 1. The zero-order chi connectivity index (χ0) is 12.5. The molecule has 1 heterocycles. The van der Waals surface area contributed by atoms with Crippen LogP contribution < -0.4 is 10.9 Å². The second-order valence-electron chi connectivity index (χ2n) is 5.73. The van der Waals surface area contributed by atoms with Gasteiger partial charge in [-0.3, -0.25) is 4.79 Å². The van der Waals surface area contributed by atoms with Gasteiger partial charge in [-0.25, -0.2) is 4.98 Å². The zero-order valence-corrected chi connectivity index (χ0v) is 10.9. The Hall–Kier alpha value is -1.32. The van der Waals surface area contributed by atoms with Crippen molar-refractivity contribution in [3.05, 3.63) is 22.7 Å². The van der Waals surface area contributed by atoms with Crippen LogP contribution in [0.25, 0.3) is 0 Å². The van der Waals surface area contributed by atoms with Gasteiger partial charge in [-0.05, 0) is 31.6 Å². The molecule has 2 saturated carbocycles. The number of hydrogen-bond acceptors (Lipinski definition) is 3. The van der Waals surface area contributed by atoms with Gasteiger partial charge in [-0.15, -0.1) is 0 Å². The second-order valence-corrected chi connectivity index (χ2v) is 5.73. The maximum atomic E-state index is 12.3. The van der Waals surface area contributed by atoms with E-state index in [4.69, 9.17) is 0 Å². The molecule has 1 aromatic rings. The predicted molar refractivity (Wildman–Crippen MR) is 71.8 cm³/mol. The van der Waals surface area contributed by atoms with E-state index in [9.17, 15) is 4.79 Å². The van der Waals surface area contributed by atoms with Crippen LogP contribution in [0.5, 0.6) is 0 Å². The first-order chi connectivity index (χ1) is 8.75. The molecular formula is C14H21N3O. The molecule has 4 heteroatoms. The number of rotatable bonds is 3. The van der Waals surface area contributed by atoms with Crippen molar-refractivity contribution in [3.8, 4) is 0 Å². The summed E-state index contributed by atoms with van der Waals surface area (Å²) in [5.41, 5.74) is 0.0535. The second kappa shape index (κ2) is 4.75. The van der Waals surface area contributed by atoms with E-state index in [1.807, 2.05) is 10.8 Å². The molecule has 1 aromatic heterocycles. The zero-order valence-electron chi connectivity index (χ0n) is 10.9. The van der Waals surface area contributed by atoms with Crippen LogP contribution in [-0.4, -0.2) is 15.6 Å². The van der Waals surface area contributed by atoms with Gasteiger partial charge in [0.2, 0.25) is 0 Å². The standard InChI is InChI=1S/C14H21N3O/c1-10-4-2-3-5-12(10)16-13-14(18)17(9-8-15-13)11-6-7-11/h8-12H,2-7H2,1H3,(H,15,16). The molecule has 0 aromatic carbocycles. The minimum atomic E-state index is 0.0535. The van der Waals surface area contributed by atoms with Crippen molar-refractivity contribution < 1.29 is 0 Å². The van der Waals surface area contributed by atoms with Gasteiger partial charge in [-0.1, -0.05) is 19.8 Å². The smallest absolute Gasteiger partial charge is 0.293 e. The fraction of sp³-hybridized carbons (Fsp3) is 0.714. The summed E-state index contributed by atoms with van der Waals surface area (Å²) in [5.74, 6) is 1.18. The maximum absolute atomic E-state index is 12.3. The monoisotopic (exact) mass is 247 g/mol. The molecule has 0 aliphatic heterocycles. The molecule has 0 amide bonds. The van der Waals surface area contributed by atoms with E-state index < -0.39 is 0 Å². The average Bonchev–Trinajstić information content (AvgIpc) is 3.19. The molecule has 0 radical (unpaired) electrons. The maximum Gasteiger partial charge on any atom is 0.293 e. The summed E-state index contributed by atoms with van der Waals surface area (Å²) in [6, 6.07) is 0.832. The van der Waals surface area contributed by atoms with E-state index in [1.54, 1.807) is 6.20 Å². The van der Waals surface area contributed by atoms with E-state index in [0.29, 0.717) is 23.8 Å². The lowest BCUT2D eigenvalue weighted by Crippen LogP contribution is -2.34. The highest BCUT2D eigenvalue weighted by atomic mass is 16.1. The summed E-state index contributed by atoms with van der Waals surface area (Å²) in [6.07, 6.45) is 10.8. The molecule has 2 unspecified atom stereocenters. The Kier molecular flexibility index (Phi) is 3.10. The van der Waals surface area contributed by atoms with Crippen LogP contribution in [0.2, 0.25) is 0 Å². The van der Waals surface area contributed by atoms with Gasteiger partial charge in [0, 0.05) is 24.5 Å². The lowest BCUT2D eigenvalue weighted by molar-refractivity contribution is 0.348. The van der Waals surface area contributed by atoms with Crippen LogP contribution >= 0.6 is 0 Å². The topological polar surface area (TPSA) is 46.9 Å². The Labute approximate surface area is 107 Å². The van der Waals surface area contributed by atoms with E-state index in [2.05, 4.69) is 17.2 Å². The van der Waals surface area contributed by atoms with Gasteiger partial charge in [0.25, 0.3) is 5.56 Å². The molecule has 2 aliphatic carbocycles. The van der Waals surface area contributed by atoms with Gasteiger partial charge in [0.15, 0.2) is 5.82 Å². The molecule has 2 fully saturated rings. The van der Waals surface area contributed by atoms with Gasteiger partial charge in [-0.2, -0.15) is 0 Å². The van der Waals surface area contributed by atoms with Crippen molar-refractivity contribution in [1.82, 2.24) is 9.55 Å². The molecule has 98 valence electrons. The molecule has 4 nitrogen and oxygen atoms in total. The highest BCUT2D eigenvalue weighted by Gasteiger charge is 2.27. The third-order valence-electron chi connectivity index (χ3n) is 4.24. The third kappa shape index (κ3) is 2.28. The minimum Gasteiger partial charge on any atom is -0.362 e. The largest absolute Gasteiger partial charge is 0.362 e. The quantitative estimate of drug-likeness (QED) is 0.893. The van der Waals surface area contributed by atoms with Crippen molar-refractivity contribution in [2.45, 2.75) is 57.5 Å². The first kappa shape index (κ1) is 11.8. The van der Waals surface area contributed by atoms with Gasteiger partial charge < -0.3 is 9.88 Å². The Bertz CT molecular complexity index is 478. The van der Waals surface area contributed by atoms with Crippen molar-refractivity contribution in [2.24, 2.45) is 5.92 Å². The summed E-state index contributed by atoms with van der Waals surface area (Å²) >= 11 is 0.